The van der Waals surface area contributed by atoms with Crippen molar-refractivity contribution in [2.75, 3.05) is 6.79 Å². The normalized spacial score (nSPS) is 10.5. The lowest BCUT2D eigenvalue weighted by Gasteiger charge is -2.05. The minimum Gasteiger partial charge on any atom is -0.428 e. The Balaban J connectivity index is 1.79. The van der Waals surface area contributed by atoms with Crippen LogP contribution in [0.5, 0.6) is 0 Å². The third-order valence-corrected chi connectivity index (χ3v) is 3.69. The fourth-order valence-electron chi connectivity index (χ4n) is 2.52. The molecule has 0 amide bonds. The van der Waals surface area contributed by atoms with Gasteiger partial charge in [0.2, 0.25) is 6.79 Å². The van der Waals surface area contributed by atoms with Crippen molar-refractivity contribution in [3.05, 3.63) is 60.3 Å². The van der Waals surface area contributed by atoms with Crippen molar-refractivity contribution in [1.29, 1.82) is 0 Å². The molecule has 0 fully saturated rings. The molecular formula is C19H17NO4. The van der Waals surface area contributed by atoms with E-state index in [0.717, 1.165) is 27.6 Å². The molecule has 0 aliphatic heterocycles. The molecule has 0 aliphatic rings. The zero-order valence-electron chi connectivity index (χ0n) is 13.2. The van der Waals surface area contributed by atoms with E-state index in [1.54, 1.807) is 6.20 Å². The van der Waals surface area contributed by atoms with Gasteiger partial charge in [-0.3, -0.25) is 9.59 Å². The topological polar surface area (TPSA) is 68.4 Å². The summed E-state index contributed by atoms with van der Waals surface area (Å²) < 4.78 is 9.50. The summed E-state index contributed by atoms with van der Waals surface area (Å²) in [6.45, 7) is 0.907. The zero-order chi connectivity index (χ0) is 16.9. The van der Waals surface area contributed by atoms with Gasteiger partial charge in [0.05, 0.1) is 6.42 Å². The van der Waals surface area contributed by atoms with Crippen molar-refractivity contribution in [1.82, 2.24) is 4.98 Å². The number of rotatable bonds is 5. The number of carbonyl (C=O) groups is 2. The Hall–Kier alpha value is -3.08. The van der Waals surface area contributed by atoms with Gasteiger partial charge in [-0.2, -0.15) is 0 Å². The Morgan fingerprint density at radius 3 is 2.54 bits per heavy atom. The van der Waals surface area contributed by atoms with Crippen LogP contribution in [0, 0.1) is 0 Å². The van der Waals surface area contributed by atoms with Crippen molar-refractivity contribution < 1.29 is 19.1 Å². The number of nitrogens with one attached hydrogen (secondary N) is 1. The second-order valence-corrected chi connectivity index (χ2v) is 5.39. The van der Waals surface area contributed by atoms with Gasteiger partial charge in [-0.05, 0) is 28.8 Å². The summed E-state index contributed by atoms with van der Waals surface area (Å²) in [7, 11) is 0. The molecule has 5 heteroatoms. The van der Waals surface area contributed by atoms with Crippen LogP contribution in [0.1, 0.15) is 12.5 Å². The van der Waals surface area contributed by atoms with Crippen LogP contribution in [-0.4, -0.2) is 23.7 Å². The number of hydrogen-bond acceptors (Lipinski definition) is 4. The number of esters is 2. The Morgan fingerprint density at radius 1 is 1.00 bits per heavy atom. The molecule has 0 radical (unpaired) electrons. The number of hydrogen-bond donors (Lipinski definition) is 1. The van der Waals surface area contributed by atoms with Crippen LogP contribution in [0.15, 0.2) is 54.7 Å². The average Bonchev–Trinajstić information content (AvgIpc) is 2.97. The molecule has 3 rings (SSSR count). The first-order valence-corrected chi connectivity index (χ1v) is 7.58. The Labute approximate surface area is 139 Å². The van der Waals surface area contributed by atoms with Gasteiger partial charge in [-0.25, -0.2) is 0 Å². The lowest BCUT2D eigenvalue weighted by atomic mass is 10.0. The van der Waals surface area contributed by atoms with E-state index in [1.165, 1.54) is 6.92 Å². The van der Waals surface area contributed by atoms with Gasteiger partial charge in [-0.15, -0.1) is 0 Å². The fraction of sp³-hybridized carbons (Fsp3) is 0.158. The Bertz CT molecular complexity index is 867. The third-order valence-electron chi connectivity index (χ3n) is 3.69. The molecule has 1 N–H and O–H groups in total. The molecular weight excluding hydrogens is 306 g/mol. The molecule has 1 heterocycles. The van der Waals surface area contributed by atoms with Gasteiger partial charge in [0.25, 0.3) is 0 Å². The number of fused-ring (bicyclic) bond motifs is 1. The van der Waals surface area contributed by atoms with Crippen LogP contribution in [0.25, 0.3) is 22.0 Å². The molecule has 24 heavy (non-hydrogen) atoms. The summed E-state index contributed by atoms with van der Waals surface area (Å²) in [5.41, 5.74) is 3.99. The Kier molecular flexibility index (Phi) is 4.61. The number of carbonyl (C=O) groups excluding carboxylic acids is 2. The van der Waals surface area contributed by atoms with Gasteiger partial charge in [0, 0.05) is 24.0 Å². The van der Waals surface area contributed by atoms with Crippen LogP contribution >= 0.6 is 0 Å². The van der Waals surface area contributed by atoms with Gasteiger partial charge in [0.1, 0.15) is 0 Å². The fourth-order valence-corrected chi connectivity index (χ4v) is 2.52. The maximum absolute atomic E-state index is 11.9. The highest BCUT2D eigenvalue weighted by Gasteiger charge is 2.11. The molecule has 5 nitrogen and oxygen atoms in total. The summed E-state index contributed by atoms with van der Waals surface area (Å²) in [5.74, 6) is -0.926. The van der Waals surface area contributed by atoms with E-state index in [2.05, 4.69) is 15.8 Å². The average molecular weight is 323 g/mol. The second kappa shape index (κ2) is 7.00. The van der Waals surface area contributed by atoms with E-state index in [9.17, 15) is 9.59 Å². The second-order valence-electron chi connectivity index (χ2n) is 5.39. The number of benzene rings is 2. The van der Waals surface area contributed by atoms with Crippen LogP contribution in [0.2, 0.25) is 0 Å². The van der Waals surface area contributed by atoms with Crippen LogP contribution in [-0.2, 0) is 25.5 Å². The molecule has 0 spiro atoms. The molecule has 0 saturated heterocycles. The van der Waals surface area contributed by atoms with Crippen molar-refractivity contribution >= 4 is 22.8 Å². The van der Waals surface area contributed by atoms with E-state index in [4.69, 9.17) is 4.74 Å². The van der Waals surface area contributed by atoms with E-state index in [0.29, 0.717) is 0 Å². The smallest absolute Gasteiger partial charge is 0.313 e. The highest BCUT2D eigenvalue weighted by Crippen LogP contribution is 2.26. The summed E-state index contributed by atoms with van der Waals surface area (Å²) in [6, 6.07) is 16.1. The first-order chi connectivity index (χ1) is 11.6. The first-order valence-electron chi connectivity index (χ1n) is 7.58. The summed E-state index contributed by atoms with van der Waals surface area (Å²) in [6.07, 6.45) is 1.91. The van der Waals surface area contributed by atoms with Crippen molar-refractivity contribution in [3.8, 4) is 11.1 Å². The SMILES string of the molecule is CC(=O)OCOC(=O)Cc1c[nH]c2ccc(-c3ccccc3)cc12. The first kappa shape index (κ1) is 15.8. The number of H-pyrrole nitrogens is 1. The molecule has 0 unspecified atom stereocenters. The van der Waals surface area contributed by atoms with E-state index < -0.39 is 11.9 Å². The standard InChI is InChI=1S/C19H17NO4/c1-13(21)23-12-24-19(22)10-16-11-20-18-8-7-15(9-17(16)18)14-5-3-2-4-6-14/h2-9,11,20H,10,12H2,1H3. The molecule has 2 aromatic carbocycles. The minimum atomic E-state index is -0.484. The molecule has 3 aromatic rings. The van der Waals surface area contributed by atoms with E-state index in [-0.39, 0.29) is 13.2 Å². The number of aromatic amines is 1. The zero-order valence-corrected chi connectivity index (χ0v) is 13.2. The lowest BCUT2D eigenvalue weighted by Crippen LogP contribution is -2.12. The van der Waals surface area contributed by atoms with Gasteiger partial charge >= 0.3 is 11.9 Å². The monoisotopic (exact) mass is 323 g/mol. The minimum absolute atomic E-state index is 0.111. The quantitative estimate of drug-likeness (QED) is 0.577. The molecule has 122 valence electrons. The molecule has 0 aliphatic carbocycles. The van der Waals surface area contributed by atoms with Gasteiger partial charge < -0.3 is 14.5 Å². The highest BCUT2D eigenvalue weighted by molar-refractivity contribution is 5.90. The van der Waals surface area contributed by atoms with Crippen LogP contribution in [0.3, 0.4) is 0 Å². The lowest BCUT2D eigenvalue weighted by molar-refractivity contribution is -0.165. The maximum Gasteiger partial charge on any atom is 0.313 e. The number of aromatic nitrogens is 1. The summed E-state index contributed by atoms with van der Waals surface area (Å²) >= 11 is 0. The third kappa shape index (κ3) is 3.63. The van der Waals surface area contributed by atoms with Crippen molar-refractivity contribution in [2.24, 2.45) is 0 Å². The molecule has 0 saturated carbocycles. The van der Waals surface area contributed by atoms with Crippen molar-refractivity contribution in [3.63, 3.8) is 0 Å². The van der Waals surface area contributed by atoms with Crippen LogP contribution in [0.4, 0.5) is 0 Å². The van der Waals surface area contributed by atoms with E-state index >= 15 is 0 Å². The van der Waals surface area contributed by atoms with Crippen molar-refractivity contribution in [2.45, 2.75) is 13.3 Å². The highest BCUT2D eigenvalue weighted by atomic mass is 16.7. The molecule has 0 bridgehead atoms. The van der Waals surface area contributed by atoms with Gasteiger partial charge in [-0.1, -0.05) is 36.4 Å². The summed E-state index contributed by atoms with van der Waals surface area (Å²) in [4.78, 5) is 25.7. The molecule has 0 atom stereocenters. The maximum atomic E-state index is 11.9. The summed E-state index contributed by atoms with van der Waals surface area (Å²) in [5, 5.41) is 0.973. The molecule has 1 aromatic heterocycles. The van der Waals surface area contributed by atoms with E-state index in [1.807, 2.05) is 42.5 Å². The number of ether oxygens (including phenoxy) is 2. The predicted molar refractivity (Wildman–Crippen MR) is 90.2 cm³/mol. The van der Waals surface area contributed by atoms with Gasteiger partial charge in [0.15, 0.2) is 0 Å². The van der Waals surface area contributed by atoms with Crippen LogP contribution < -0.4 is 0 Å². The largest absolute Gasteiger partial charge is 0.428 e. The predicted octanol–water partition coefficient (Wildman–Crippen LogP) is 3.44. The Morgan fingerprint density at radius 2 is 1.79 bits per heavy atom.